The molecule has 2 heteroatoms. The monoisotopic (exact) mass is 252 g/mol. The molecule has 1 N–H and O–H groups in total. The normalized spacial score (nSPS) is 22.5. The molecule has 2 aliphatic rings. The smallest absolute Gasteiger partial charge is 0.0223 e. The van der Waals surface area contributed by atoms with Gasteiger partial charge in [-0.05, 0) is 58.8 Å². The summed E-state index contributed by atoms with van der Waals surface area (Å²) in [6.07, 6.45) is 8.52. The average Bonchev–Trinajstić information content (AvgIpc) is 3.13. The van der Waals surface area contributed by atoms with E-state index in [1.54, 1.807) is 0 Å². The molecule has 0 amide bonds. The summed E-state index contributed by atoms with van der Waals surface area (Å²) in [5, 5.41) is 3.72. The van der Waals surface area contributed by atoms with E-state index < -0.39 is 0 Å². The summed E-state index contributed by atoms with van der Waals surface area (Å²) in [7, 11) is 0. The molecule has 2 rings (SSSR count). The third kappa shape index (κ3) is 4.89. The second-order valence-electron chi connectivity index (χ2n) is 7.44. The van der Waals surface area contributed by atoms with Gasteiger partial charge in [-0.1, -0.05) is 13.3 Å². The van der Waals surface area contributed by atoms with Gasteiger partial charge >= 0.3 is 0 Å². The van der Waals surface area contributed by atoms with Crippen molar-refractivity contribution in [2.45, 2.75) is 83.8 Å². The highest BCUT2D eigenvalue weighted by Crippen LogP contribution is 2.36. The predicted molar refractivity (Wildman–Crippen MR) is 78.9 cm³/mol. The summed E-state index contributed by atoms with van der Waals surface area (Å²) in [6.45, 7) is 11.7. The van der Waals surface area contributed by atoms with E-state index in [-0.39, 0.29) is 5.54 Å². The molecule has 2 nitrogen and oxygen atoms in total. The van der Waals surface area contributed by atoms with E-state index in [1.165, 1.54) is 51.6 Å². The number of hydrogen-bond acceptors (Lipinski definition) is 2. The topological polar surface area (TPSA) is 15.3 Å². The van der Waals surface area contributed by atoms with Crippen molar-refractivity contribution in [3.63, 3.8) is 0 Å². The molecule has 2 saturated carbocycles. The molecule has 18 heavy (non-hydrogen) atoms. The largest absolute Gasteiger partial charge is 0.311 e. The maximum atomic E-state index is 3.72. The van der Waals surface area contributed by atoms with Crippen LogP contribution in [0.2, 0.25) is 0 Å². The lowest BCUT2D eigenvalue weighted by Gasteiger charge is -2.34. The van der Waals surface area contributed by atoms with Crippen LogP contribution < -0.4 is 5.32 Å². The van der Waals surface area contributed by atoms with E-state index in [0.29, 0.717) is 0 Å². The standard InChI is InChI=1S/C16H32N2/c1-5-6-15(11-17-16(2,3)4)18(14-9-10-14)12-13-7-8-13/h13-15,17H,5-12H2,1-4H3. The molecule has 0 heterocycles. The van der Waals surface area contributed by atoms with Crippen LogP contribution in [-0.2, 0) is 0 Å². The lowest BCUT2D eigenvalue weighted by atomic mass is 10.1. The molecular weight excluding hydrogens is 220 g/mol. The second kappa shape index (κ2) is 5.92. The predicted octanol–water partition coefficient (Wildman–Crippen LogP) is 3.42. The highest BCUT2D eigenvalue weighted by atomic mass is 15.2. The van der Waals surface area contributed by atoms with Crippen molar-refractivity contribution in [3.8, 4) is 0 Å². The molecule has 2 fully saturated rings. The second-order valence-corrected chi connectivity index (χ2v) is 7.44. The van der Waals surface area contributed by atoms with Crippen LogP contribution >= 0.6 is 0 Å². The van der Waals surface area contributed by atoms with Crippen molar-refractivity contribution in [3.05, 3.63) is 0 Å². The summed E-state index contributed by atoms with van der Waals surface area (Å²) < 4.78 is 0. The van der Waals surface area contributed by atoms with Gasteiger partial charge in [0.15, 0.2) is 0 Å². The number of hydrogen-bond donors (Lipinski definition) is 1. The van der Waals surface area contributed by atoms with Gasteiger partial charge in [0.1, 0.15) is 0 Å². The molecule has 0 radical (unpaired) electrons. The fourth-order valence-electron chi connectivity index (χ4n) is 2.74. The molecule has 0 bridgehead atoms. The molecular formula is C16H32N2. The molecule has 0 aromatic carbocycles. The maximum Gasteiger partial charge on any atom is 0.0223 e. The zero-order valence-corrected chi connectivity index (χ0v) is 12.8. The van der Waals surface area contributed by atoms with Crippen molar-refractivity contribution >= 4 is 0 Å². The lowest BCUT2D eigenvalue weighted by molar-refractivity contribution is 0.156. The molecule has 1 atom stereocenters. The summed E-state index contributed by atoms with van der Waals surface area (Å²) in [5.41, 5.74) is 0.251. The third-order valence-electron chi connectivity index (χ3n) is 4.14. The summed E-state index contributed by atoms with van der Waals surface area (Å²) >= 11 is 0. The number of rotatable bonds is 8. The SMILES string of the molecule is CCCC(CNC(C)(C)C)N(CC1CC1)C1CC1. The summed E-state index contributed by atoms with van der Waals surface area (Å²) in [6, 6.07) is 1.69. The van der Waals surface area contributed by atoms with E-state index in [2.05, 4.69) is 37.9 Å². The van der Waals surface area contributed by atoms with E-state index in [0.717, 1.165) is 18.0 Å². The first kappa shape index (κ1) is 14.3. The van der Waals surface area contributed by atoms with Crippen molar-refractivity contribution < 1.29 is 0 Å². The van der Waals surface area contributed by atoms with Crippen LogP contribution in [0.3, 0.4) is 0 Å². The minimum absolute atomic E-state index is 0.251. The molecule has 0 aromatic rings. The zero-order valence-electron chi connectivity index (χ0n) is 12.8. The van der Waals surface area contributed by atoms with Gasteiger partial charge < -0.3 is 5.32 Å². The van der Waals surface area contributed by atoms with E-state index in [4.69, 9.17) is 0 Å². The quantitative estimate of drug-likeness (QED) is 0.712. The van der Waals surface area contributed by atoms with Gasteiger partial charge in [0.25, 0.3) is 0 Å². The number of nitrogens with zero attached hydrogens (tertiary/aromatic N) is 1. The highest BCUT2D eigenvalue weighted by molar-refractivity contribution is 4.93. The van der Waals surface area contributed by atoms with Crippen LogP contribution in [0.5, 0.6) is 0 Å². The third-order valence-corrected chi connectivity index (χ3v) is 4.14. The fourth-order valence-corrected chi connectivity index (χ4v) is 2.74. The molecule has 0 saturated heterocycles. The Balaban J connectivity index is 1.87. The Labute approximate surface area is 114 Å². The van der Waals surface area contributed by atoms with Gasteiger partial charge in [0.2, 0.25) is 0 Å². The molecule has 1 unspecified atom stereocenters. The first-order chi connectivity index (χ1) is 8.49. The van der Waals surface area contributed by atoms with Gasteiger partial charge in [-0.15, -0.1) is 0 Å². The Kier molecular flexibility index (Phi) is 4.71. The average molecular weight is 252 g/mol. The van der Waals surface area contributed by atoms with Crippen molar-refractivity contribution in [1.29, 1.82) is 0 Å². The minimum Gasteiger partial charge on any atom is -0.311 e. The van der Waals surface area contributed by atoms with Crippen molar-refractivity contribution in [1.82, 2.24) is 10.2 Å². The van der Waals surface area contributed by atoms with Gasteiger partial charge in [-0.2, -0.15) is 0 Å². The van der Waals surface area contributed by atoms with Gasteiger partial charge in [-0.25, -0.2) is 0 Å². The Bertz CT molecular complexity index is 248. The molecule has 0 aliphatic heterocycles. The number of nitrogens with one attached hydrogen (secondary N) is 1. The molecule has 0 aromatic heterocycles. The summed E-state index contributed by atoms with van der Waals surface area (Å²) in [5.74, 6) is 1.03. The van der Waals surface area contributed by atoms with Crippen LogP contribution in [0.1, 0.15) is 66.2 Å². The van der Waals surface area contributed by atoms with Crippen LogP contribution in [0.25, 0.3) is 0 Å². The van der Waals surface area contributed by atoms with Crippen LogP contribution in [0.4, 0.5) is 0 Å². The van der Waals surface area contributed by atoms with Crippen molar-refractivity contribution in [2.24, 2.45) is 5.92 Å². The van der Waals surface area contributed by atoms with Crippen LogP contribution in [0.15, 0.2) is 0 Å². The minimum atomic E-state index is 0.251. The van der Waals surface area contributed by atoms with Crippen molar-refractivity contribution in [2.75, 3.05) is 13.1 Å². The van der Waals surface area contributed by atoms with Crippen LogP contribution in [0, 0.1) is 5.92 Å². The van der Waals surface area contributed by atoms with Gasteiger partial charge in [0.05, 0.1) is 0 Å². The first-order valence-electron chi connectivity index (χ1n) is 8.00. The van der Waals surface area contributed by atoms with Gasteiger partial charge in [0, 0.05) is 30.7 Å². The van der Waals surface area contributed by atoms with Gasteiger partial charge in [-0.3, -0.25) is 4.90 Å². The van der Waals surface area contributed by atoms with Crippen LogP contribution in [-0.4, -0.2) is 35.6 Å². The zero-order chi connectivity index (χ0) is 13.2. The first-order valence-corrected chi connectivity index (χ1v) is 8.00. The Morgan fingerprint density at radius 1 is 1.17 bits per heavy atom. The molecule has 0 spiro atoms. The molecule has 2 aliphatic carbocycles. The summed E-state index contributed by atoms with van der Waals surface area (Å²) in [4.78, 5) is 2.85. The fraction of sp³-hybridized carbons (Fsp3) is 1.00. The highest BCUT2D eigenvalue weighted by Gasteiger charge is 2.37. The lowest BCUT2D eigenvalue weighted by Crippen LogP contribution is -2.49. The molecule has 106 valence electrons. The van der Waals surface area contributed by atoms with E-state index in [1.807, 2.05) is 0 Å². The van der Waals surface area contributed by atoms with E-state index >= 15 is 0 Å². The Morgan fingerprint density at radius 3 is 2.28 bits per heavy atom. The van der Waals surface area contributed by atoms with E-state index in [9.17, 15) is 0 Å². The Hall–Kier alpha value is -0.0800. The Morgan fingerprint density at radius 2 is 1.83 bits per heavy atom. The maximum absolute atomic E-state index is 3.72.